The molecule has 4 heteroatoms. The van der Waals surface area contributed by atoms with Crippen molar-refractivity contribution in [1.29, 1.82) is 0 Å². The van der Waals surface area contributed by atoms with E-state index in [-0.39, 0.29) is 0 Å². The maximum atomic E-state index is 9.80. The van der Waals surface area contributed by atoms with Gasteiger partial charge in [-0.25, -0.2) is 0 Å². The van der Waals surface area contributed by atoms with Crippen LogP contribution in [0.5, 0.6) is 11.5 Å². The van der Waals surface area contributed by atoms with E-state index in [1.807, 2.05) is 13.8 Å². The van der Waals surface area contributed by atoms with Gasteiger partial charge in [-0.3, -0.25) is 0 Å². The van der Waals surface area contributed by atoms with Gasteiger partial charge in [-0.2, -0.15) is 0 Å². The second-order valence-corrected chi connectivity index (χ2v) is 6.33. The van der Waals surface area contributed by atoms with Gasteiger partial charge in [0.15, 0.2) is 0 Å². The fourth-order valence-electron chi connectivity index (χ4n) is 1.75. The molecule has 1 rings (SSSR count). The smallest absolute Gasteiger partial charge is 0.136 e. The van der Waals surface area contributed by atoms with Crippen molar-refractivity contribution in [2.75, 3.05) is 13.2 Å². The van der Waals surface area contributed by atoms with Crippen molar-refractivity contribution in [2.24, 2.45) is 0 Å². The monoisotopic (exact) mass is 330 g/mol. The van der Waals surface area contributed by atoms with Crippen LogP contribution in [0.25, 0.3) is 0 Å². The van der Waals surface area contributed by atoms with Crippen molar-refractivity contribution in [3.8, 4) is 35.2 Å². The molecule has 0 aliphatic carbocycles. The van der Waals surface area contributed by atoms with Gasteiger partial charge in [-0.15, -0.1) is 0 Å². The zero-order valence-electron chi connectivity index (χ0n) is 15.3. The summed E-state index contributed by atoms with van der Waals surface area (Å²) in [5, 5.41) is 19.6. The van der Waals surface area contributed by atoms with E-state index in [4.69, 9.17) is 9.47 Å². The fourth-order valence-corrected chi connectivity index (χ4v) is 1.75. The van der Waals surface area contributed by atoms with E-state index in [0.717, 1.165) is 0 Å². The van der Waals surface area contributed by atoms with Crippen LogP contribution in [-0.2, 0) is 0 Å². The number of rotatable bonds is 4. The predicted octanol–water partition coefficient (Wildman–Crippen LogP) is 2.73. The lowest BCUT2D eigenvalue weighted by molar-refractivity contribution is 0.143. The van der Waals surface area contributed by atoms with E-state index in [2.05, 4.69) is 23.7 Å². The van der Waals surface area contributed by atoms with Gasteiger partial charge in [0.05, 0.1) is 24.3 Å². The van der Waals surface area contributed by atoms with Crippen LogP contribution in [0.1, 0.15) is 52.7 Å². The molecule has 0 atom stereocenters. The molecule has 0 aliphatic rings. The van der Waals surface area contributed by atoms with Gasteiger partial charge < -0.3 is 19.7 Å². The molecule has 0 unspecified atom stereocenters. The fraction of sp³-hybridized carbons (Fsp3) is 0.500. The molecule has 0 saturated carbocycles. The van der Waals surface area contributed by atoms with E-state index >= 15 is 0 Å². The van der Waals surface area contributed by atoms with Crippen molar-refractivity contribution >= 4 is 0 Å². The predicted molar refractivity (Wildman–Crippen MR) is 95.1 cm³/mol. The molecule has 0 bridgehead atoms. The quantitative estimate of drug-likeness (QED) is 0.834. The standard InChI is InChI=1S/C20H26O4/c1-7-23-17-13-16(10-12-20(5,6)22)18(24-8-2)14-15(17)9-11-19(3,4)21/h13-14,21-22H,7-8H2,1-6H3. The second-order valence-electron chi connectivity index (χ2n) is 6.33. The van der Waals surface area contributed by atoms with Gasteiger partial charge in [0.1, 0.15) is 22.7 Å². The van der Waals surface area contributed by atoms with Crippen LogP contribution in [-0.4, -0.2) is 34.6 Å². The Labute approximate surface area is 144 Å². The molecule has 0 fully saturated rings. The van der Waals surface area contributed by atoms with Crippen LogP contribution >= 0.6 is 0 Å². The number of ether oxygens (including phenoxy) is 2. The first-order valence-electron chi connectivity index (χ1n) is 8.00. The normalized spacial score (nSPS) is 11.0. The molecule has 0 spiro atoms. The minimum absolute atomic E-state index is 0.476. The van der Waals surface area contributed by atoms with E-state index in [1.54, 1.807) is 39.8 Å². The van der Waals surface area contributed by atoms with Crippen LogP contribution < -0.4 is 9.47 Å². The highest BCUT2D eigenvalue weighted by Gasteiger charge is 2.13. The Hall–Kier alpha value is -2.14. The van der Waals surface area contributed by atoms with Crippen LogP contribution in [0, 0.1) is 23.7 Å². The third-order valence-corrected chi connectivity index (χ3v) is 2.69. The summed E-state index contributed by atoms with van der Waals surface area (Å²) in [4.78, 5) is 0. The molecule has 0 aromatic heterocycles. The lowest BCUT2D eigenvalue weighted by atomic mass is 10.1. The molecular formula is C20H26O4. The third-order valence-electron chi connectivity index (χ3n) is 2.69. The van der Waals surface area contributed by atoms with Crippen LogP contribution in [0.2, 0.25) is 0 Å². The number of hydrogen-bond acceptors (Lipinski definition) is 4. The molecule has 24 heavy (non-hydrogen) atoms. The molecule has 0 aliphatic heterocycles. The van der Waals surface area contributed by atoms with Crippen molar-refractivity contribution < 1.29 is 19.7 Å². The summed E-state index contributed by atoms with van der Waals surface area (Å²) in [6.07, 6.45) is 0. The molecule has 1 aromatic rings. The largest absolute Gasteiger partial charge is 0.493 e. The second kappa shape index (κ2) is 8.11. The minimum atomic E-state index is -1.10. The molecular weight excluding hydrogens is 304 g/mol. The molecule has 130 valence electrons. The Morgan fingerprint density at radius 3 is 1.38 bits per heavy atom. The Bertz CT molecular complexity index is 621. The summed E-state index contributed by atoms with van der Waals surface area (Å²) in [7, 11) is 0. The van der Waals surface area contributed by atoms with E-state index in [1.165, 1.54) is 0 Å². The van der Waals surface area contributed by atoms with Gasteiger partial charge in [0.25, 0.3) is 0 Å². The first-order chi connectivity index (χ1) is 11.1. The molecule has 1 aromatic carbocycles. The molecule has 2 N–H and O–H groups in total. The molecule has 0 heterocycles. The molecule has 4 nitrogen and oxygen atoms in total. The van der Waals surface area contributed by atoms with Crippen LogP contribution in [0.3, 0.4) is 0 Å². The highest BCUT2D eigenvalue weighted by Crippen LogP contribution is 2.29. The number of benzene rings is 1. The summed E-state index contributed by atoms with van der Waals surface area (Å²) in [5.74, 6) is 12.6. The Morgan fingerprint density at radius 1 is 0.792 bits per heavy atom. The summed E-state index contributed by atoms with van der Waals surface area (Å²) >= 11 is 0. The highest BCUT2D eigenvalue weighted by molar-refractivity contribution is 5.59. The average Bonchev–Trinajstić information content (AvgIpc) is 2.44. The lowest BCUT2D eigenvalue weighted by Gasteiger charge is -2.13. The maximum Gasteiger partial charge on any atom is 0.136 e. The van der Waals surface area contributed by atoms with Crippen molar-refractivity contribution in [3.05, 3.63) is 23.3 Å². The highest BCUT2D eigenvalue weighted by atomic mass is 16.5. The Balaban J connectivity index is 3.47. The Morgan fingerprint density at radius 2 is 1.12 bits per heavy atom. The maximum absolute atomic E-state index is 9.80. The van der Waals surface area contributed by atoms with Crippen LogP contribution in [0.15, 0.2) is 12.1 Å². The topological polar surface area (TPSA) is 58.9 Å². The van der Waals surface area contributed by atoms with Crippen molar-refractivity contribution in [1.82, 2.24) is 0 Å². The van der Waals surface area contributed by atoms with Gasteiger partial charge >= 0.3 is 0 Å². The van der Waals surface area contributed by atoms with Gasteiger partial charge in [-0.05, 0) is 41.5 Å². The summed E-state index contributed by atoms with van der Waals surface area (Å²) in [6, 6.07) is 3.50. The van der Waals surface area contributed by atoms with E-state index in [0.29, 0.717) is 35.8 Å². The zero-order valence-corrected chi connectivity index (χ0v) is 15.3. The number of aliphatic hydroxyl groups is 2. The van der Waals surface area contributed by atoms with Gasteiger partial charge in [-0.1, -0.05) is 23.7 Å². The first-order valence-corrected chi connectivity index (χ1v) is 8.00. The molecule has 0 radical (unpaired) electrons. The first kappa shape index (κ1) is 19.9. The average molecular weight is 330 g/mol. The van der Waals surface area contributed by atoms with Gasteiger partial charge in [0.2, 0.25) is 0 Å². The summed E-state index contributed by atoms with van der Waals surface area (Å²) in [6.45, 7) is 11.2. The van der Waals surface area contributed by atoms with Crippen molar-refractivity contribution in [2.45, 2.75) is 52.7 Å². The summed E-state index contributed by atoms with van der Waals surface area (Å²) < 4.78 is 11.3. The molecule has 0 amide bonds. The molecule has 0 saturated heterocycles. The third kappa shape index (κ3) is 6.96. The van der Waals surface area contributed by atoms with E-state index < -0.39 is 11.2 Å². The SMILES string of the molecule is CCOc1cc(C#CC(C)(C)O)c(OCC)cc1C#CC(C)(C)O. The van der Waals surface area contributed by atoms with Gasteiger partial charge in [0, 0.05) is 12.1 Å². The van der Waals surface area contributed by atoms with E-state index in [9.17, 15) is 10.2 Å². The Kier molecular flexibility index (Phi) is 6.72. The number of hydrogen-bond donors (Lipinski definition) is 2. The lowest BCUT2D eigenvalue weighted by Crippen LogP contribution is -2.15. The minimum Gasteiger partial charge on any atom is -0.493 e. The zero-order chi connectivity index (χ0) is 18.4. The van der Waals surface area contributed by atoms with Crippen LogP contribution in [0.4, 0.5) is 0 Å². The summed E-state index contributed by atoms with van der Waals surface area (Å²) in [5.41, 5.74) is -0.962. The van der Waals surface area contributed by atoms with Crippen molar-refractivity contribution in [3.63, 3.8) is 0 Å².